The molecule has 1 aliphatic heterocycles. The predicted molar refractivity (Wildman–Crippen MR) is 70.8 cm³/mol. The van der Waals surface area contributed by atoms with Crippen molar-refractivity contribution in [2.75, 3.05) is 0 Å². The second-order valence-electron chi connectivity index (χ2n) is 3.72. The Bertz CT molecular complexity index is 641. The molecule has 0 unspecified atom stereocenters. The van der Waals surface area contributed by atoms with E-state index in [1.165, 1.54) is 0 Å². The Labute approximate surface area is 110 Å². The molecule has 17 heavy (non-hydrogen) atoms. The summed E-state index contributed by atoms with van der Waals surface area (Å²) in [6, 6.07) is 1.89. The first kappa shape index (κ1) is 11.0. The predicted octanol–water partition coefficient (Wildman–Crippen LogP) is 2.34. The molecule has 0 radical (unpaired) electrons. The maximum Gasteiger partial charge on any atom is 0.255 e. The number of thioether (sulfide) groups is 1. The minimum absolute atomic E-state index is 0.0324. The van der Waals surface area contributed by atoms with Crippen LogP contribution in [0.5, 0.6) is 0 Å². The fraction of sp³-hybridized carbons (Fsp3) is 0.182. The molecule has 0 fully saturated rings. The van der Waals surface area contributed by atoms with Gasteiger partial charge in [0, 0.05) is 39.5 Å². The minimum atomic E-state index is -0.0324. The van der Waals surface area contributed by atoms with Gasteiger partial charge in [0.2, 0.25) is 0 Å². The quantitative estimate of drug-likeness (QED) is 0.878. The van der Waals surface area contributed by atoms with Gasteiger partial charge in [0.05, 0.1) is 5.69 Å². The average molecular weight is 310 g/mol. The molecule has 86 valence electrons. The van der Waals surface area contributed by atoms with E-state index in [2.05, 4.69) is 30.9 Å². The molecule has 1 aliphatic rings. The SMILES string of the molecule is O=c1[nH]c(-c2cncc(Br)c2)nc2c1CSC2. The van der Waals surface area contributed by atoms with Crippen LogP contribution in [0.4, 0.5) is 0 Å². The van der Waals surface area contributed by atoms with Gasteiger partial charge < -0.3 is 4.98 Å². The number of halogens is 1. The Morgan fingerprint density at radius 2 is 2.24 bits per heavy atom. The summed E-state index contributed by atoms with van der Waals surface area (Å²) in [5, 5.41) is 0. The van der Waals surface area contributed by atoms with E-state index in [4.69, 9.17) is 0 Å². The lowest BCUT2D eigenvalue weighted by Crippen LogP contribution is -2.15. The fourth-order valence-corrected chi connectivity index (χ4v) is 3.14. The Balaban J connectivity index is 2.16. The van der Waals surface area contributed by atoms with Gasteiger partial charge in [-0.2, -0.15) is 11.8 Å². The summed E-state index contributed by atoms with van der Waals surface area (Å²) < 4.78 is 0.868. The Morgan fingerprint density at radius 1 is 1.35 bits per heavy atom. The van der Waals surface area contributed by atoms with Crippen LogP contribution < -0.4 is 5.56 Å². The lowest BCUT2D eigenvalue weighted by molar-refractivity contribution is 1.03. The van der Waals surface area contributed by atoms with Crippen LogP contribution in [0.15, 0.2) is 27.7 Å². The van der Waals surface area contributed by atoms with Crippen molar-refractivity contribution in [1.29, 1.82) is 0 Å². The van der Waals surface area contributed by atoms with Crippen molar-refractivity contribution in [2.24, 2.45) is 0 Å². The normalized spacial score (nSPS) is 13.7. The number of aromatic amines is 1. The largest absolute Gasteiger partial charge is 0.306 e. The molecule has 0 atom stereocenters. The van der Waals surface area contributed by atoms with Gasteiger partial charge in [-0.3, -0.25) is 9.78 Å². The molecule has 0 spiro atoms. The van der Waals surface area contributed by atoms with Crippen molar-refractivity contribution in [3.63, 3.8) is 0 Å². The van der Waals surface area contributed by atoms with Crippen molar-refractivity contribution in [3.05, 3.63) is 44.5 Å². The first-order chi connectivity index (χ1) is 8.24. The number of H-pyrrole nitrogens is 1. The summed E-state index contributed by atoms with van der Waals surface area (Å²) in [7, 11) is 0. The van der Waals surface area contributed by atoms with Crippen LogP contribution >= 0.6 is 27.7 Å². The summed E-state index contributed by atoms with van der Waals surface area (Å²) in [6.07, 6.45) is 3.39. The lowest BCUT2D eigenvalue weighted by Gasteiger charge is -2.03. The summed E-state index contributed by atoms with van der Waals surface area (Å²) in [6.45, 7) is 0. The van der Waals surface area contributed by atoms with Gasteiger partial charge >= 0.3 is 0 Å². The molecule has 0 saturated carbocycles. The summed E-state index contributed by atoms with van der Waals surface area (Å²) in [5.74, 6) is 2.16. The molecule has 1 N–H and O–H groups in total. The van der Waals surface area contributed by atoms with E-state index in [-0.39, 0.29) is 5.56 Å². The van der Waals surface area contributed by atoms with Crippen LogP contribution in [0.25, 0.3) is 11.4 Å². The molecule has 0 bridgehead atoms. The highest BCUT2D eigenvalue weighted by Crippen LogP contribution is 2.27. The third-order valence-corrected chi connectivity index (χ3v) is 3.97. The van der Waals surface area contributed by atoms with Gasteiger partial charge in [0.25, 0.3) is 5.56 Å². The molecule has 3 rings (SSSR count). The number of hydrogen-bond donors (Lipinski definition) is 1. The molecule has 2 aromatic rings. The molecule has 4 nitrogen and oxygen atoms in total. The molecule has 0 saturated heterocycles. The first-order valence-corrected chi connectivity index (χ1v) is 6.99. The van der Waals surface area contributed by atoms with E-state index < -0.39 is 0 Å². The Hall–Kier alpha value is -1.14. The van der Waals surface area contributed by atoms with Crippen LogP contribution in [-0.2, 0) is 11.5 Å². The molecule has 0 aromatic carbocycles. The molecular formula is C11H8BrN3OS. The minimum Gasteiger partial charge on any atom is -0.306 e. The standard InChI is InChI=1S/C11H8BrN3OS/c12-7-1-6(2-13-3-7)10-14-9-5-17-4-8(9)11(16)15-10/h1-3H,4-5H2,(H,14,15,16). The van der Waals surface area contributed by atoms with Crippen molar-refractivity contribution in [1.82, 2.24) is 15.0 Å². The highest BCUT2D eigenvalue weighted by atomic mass is 79.9. The highest BCUT2D eigenvalue weighted by Gasteiger charge is 2.18. The maximum absolute atomic E-state index is 11.8. The van der Waals surface area contributed by atoms with E-state index in [0.717, 1.165) is 32.8 Å². The molecule has 0 aliphatic carbocycles. The number of pyridine rings is 1. The molecule has 6 heteroatoms. The zero-order valence-corrected chi connectivity index (χ0v) is 11.1. The number of nitrogens with one attached hydrogen (secondary N) is 1. The van der Waals surface area contributed by atoms with Crippen molar-refractivity contribution in [3.8, 4) is 11.4 Å². The second-order valence-corrected chi connectivity index (χ2v) is 5.63. The molecular weight excluding hydrogens is 302 g/mol. The fourth-order valence-electron chi connectivity index (χ4n) is 1.74. The Kier molecular flexibility index (Phi) is 2.76. The Morgan fingerprint density at radius 3 is 3.06 bits per heavy atom. The zero-order valence-electron chi connectivity index (χ0n) is 8.74. The van der Waals surface area contributed by atoms with Crippen LogP contribution in [0, 0.1) is 0 Å². The summed E-state index contributed by atoms with van der Waals surface area (Å²) >= 11 is 5.07. The van der Waals surface area contributed by atoms with Gasteiger partial charge in [-0.25, -0.2) is 4.98 Å². The first-order valence-electron chi connectivity index (χ1n) is 5.05. The maximum atomic E-state index is 11.8. The van der Waals surface area contributed by atoms with E-state index >= 15 is 0 Å². The van der Waals surface area contributed by atoms with Gasteiger partial charge in [0.1, 0.15) is 5.82 Å². The third-order valence-electron chi connectivity index (χ3n) is 2.56. The van der Waals surface area contributed by atoms with Crippen molar-refractivity contribution >= 4 is 27.7 Å². The molecule has 3 heterocycles. The number of fused-ring (bicyclic) bond motifs is 1. The monoisotopic (exact) mass is 309 g/mol. The smallest absolute Gasteiger partial charge is 0.255 e. The van der Waals surface area contributed by atoms with Crippen LogP contribution in [0.1, 0.15) is 11.3 Å². The average Bonchev–Trinajstić information content (AvgIpc) is 2.77. The third kappa shape index (κ3) is 2.02. The summed E-state index contributed by atoms with van der Waals surface area (Å²) in [4.78, 5) is 23.2. The van der Waals surface area contributed by atoms with Crippen molar-refractivity contribution in [2.45, 2.75) is 11.5 Å². The second kappa shape index (κ2) is 4.27. The number of rotatable bonds is 1. The van der Waals surface area contributed by atoms with E-state index in [1.807, 2.05) is 6.07 Å². The topological polar surface area (TPSA) is 58.6 Å². The van der Waals surface area contributed by atoms with E-state index in [0.29, 0.717) is 5.82 Å². The van der Waals surface area contributed by atoms with E-state index in [1.54, 1.807) is 24.2 Å². The number of aromatic nitrogens is 3. The van der Waals surface area contributed by atoms with E-state index in [9.17, 15) is 4.79 Å². The lowest BCUT2D eigenvalue weighted by atomic mass is 10.2. The van der Waals surface area contributed by atoms with Crippen LogP contribution in [0.3, 0.4) is 0 Å². The zero-order chi connectivity index (χ0) is 11.8. The number of hydrogen-bond acceptors (Lipinski definition) is 4. The van der Waals surface area contributed by atoms with Crippen LogP contribution in [0.2, 0.25) is 0 Å². The highest BCUT2D eigenvalue weighted by molar-refractivity contribution is 9.10. The number of nitrogens with zero attached hydrogens (tertiary/aromatic N) is 2. The molecule has 2 aromatic heterocycles. The van der Waals surface area contributed by atoms with Crippen molar-refractivity contribution < 1.29 is 0 Å². The van der Waals surface area contributed by atoms with Gasteiger partial charge in [-0.05, 0) is 22.0 Å². The summed E-state index contributed by atoms with van der Waals surface area (Å²) in [5.41, 5.74) is 2.49. The van der Waals surface area contributed by atoms with Gasteiger partial charge in [-0.1, -0.05) is 0 Å². The van der Waals surface area contributed by atoms with Gasteiger partial charge in [-0.15, -0.1) is 0 Å². The van der Waals surface area contributed by atoms with Gasteiger partial charge in [0.15, 0.2) is 0 Å². The van der Waals surface area contributed by atoms with Crippen LogP contribution in [-0.4, -0.2) is 15.0 Å². The molecule has 0 amide bonds.